The van der Waals surface area contributed by atoms with Crippen molar-refractivity contribution in [1.29, 1.82) is 5.41 Å². The number of nitrogens with one attached hydrogen (secondary N) is 2. The maximum Gasteiger partial charge on any atom is 0.191 e. The van der Waals surface area contributed by atoms with Gasteiger partial charge in [-0.3, -0.25) is 5.41 Å². The summed E-state index contributed by atoms with van der Waals surface area (Å²) in [5.74, 6) is 0.813. The van der Waals surface area contributed by atoms with Gasteiger partial charge in [0.15, 0.2) is 5.16 Å². The van der Waals surface area contributed by atoms with E-state index in [4.69, 9.17) is 15.9 Å². The minimum absolute atomic E-state index is 0.158. The van der Waals surface area contributed by atoms with E-state index in [0.717, 1.165) is 11.1 Å². The van der Waals surface area contributed by atoms with Crippen LogP contribution >= 0.6 is 11.8 Å². The molecule has 0 bridgehead atoms. The van der Waals surface area contributed by atoms with Crippen LogP contribution in [0.5, 0.6) is 0 Å². The van der Waals surface area contributed by atoms with Crippen molar-refractivity contribution in [2.75, 3.05) is 31.0 Å². The van der Waals surface area contributed by atoms with Gasteiger partial charge in [-0.15, -0.1) is 0 Å². The molecule has 158 valence electrons. The van der Waals surface area contributed by atoms with Gasteiger partial charge >= 0.3 is 0 Å². The van der Waals surface area contributed by atoms with Gasteiger partial charge < -0.3 is 15.8 Å². The Hall–Kier alpha value is -2.90. The summed E-state index contributed by atoms with van der Waals surface area (Å²) in [5, 5.41) is 12.5. The molecule has 0 fully saturated rings. The van der Waals surface area contributed by atoms with Gasteiger partial charge in [0.1, 0.15) is 11.6 Å². The van der Waals surface area contributed by atoms with Crippen LogP contribution in [0.25, 0.3) is 0 Å². The van der Waals surface area contributed by atoms with Crippen molar-refractivity contribution in [3.63, 3.8) is 0 Å². The van der Waals surface area contributed by atoms with Crippen molar-refractivity contribution in [1.82, 2.24) is 9.97 Å². The molecule has 4 N–H and O–H groups in total. The second-order valence-electron chi connectivity index (χ2n) is 6.08. The monoisotopic (exact) mass is 423 g/mol. The van der Waals surface area contributed by atoms with Crippen molar-refractivity contribution < 1.29 is 4.74 Å². The SMILES string of the molecule is CC.COC(CNc1nc(SC)nc(N)c1C(=N)c1ccccc1)c1ccccc1. The number of benzene rings is 2. The van der Waals surface area contributed by atoms with Crippen LogP contribution in [0.2, 0.25) is 0 Å². The number of anilines is 2. The van der Waals surface area contributed by atoms with E-state index in [9.17, 15) is 0 Å². The second-order valence-corrected chi connectivity index (χ2v) is 6.85. The van der Waals surface area contributed by atoms with Gasteiger partial charge in [-0.25, -0.2) is 9.97 Å². The molecule has 6 nitrogen and oxygen atoms in total. The van der Waals surface area contributed by atoms with Crippen molar-refractivity contribution in [2.24, 2.45) is 0 Å². The Morgan fingerprint density at radius 2 is 1.67 bits per heavy atom. The summed E-state index contributed by atoms with van der Waals surface area (Å²) in [6.45, 7) is 4.49. The van der Waals surface area contributed by atoms with Crippen LogP contribution in [-0.4, -0.2) is 35.6 Å². The number of nitrogen functional groups attached to an aromatic ring is 1. The number of thioether (sulfide) groups is 1. The average molecular weight is 424 g/mol. The van der Waals surface area contributed by atoms with E-state index in [0.29, 0.717) is 23.1 Å². The largest absolute Gasteiger partial charge is 0.383 e. The normalized spacial score (nSPS) is 11.2. The Morgan fingerprint density at radius 3 is 2.23 bits per heavy atom. The van der Waals surface area contributed by atoms with Crippen LogP contribution in [-0.2, 0) is 4.74 Å². The molecule has 0 aliphatic carbocycles. The highest BCUT2D eigenvalue weighted by Gasteiger charge is 2.19. The fourth-order valence-electron chi connectivity index (χ4n) is 2.87. The highest BCUT2D eigenvalue weighted by molar-refractivity contribution is 7.98. The predicted octanol–water partition coefficient (Wildman–Crippen LogP) is 5.02. The molecular weight excluding hydrogens is 394 g/mol. The highest BCUT2D eigenvalue weighted by atomic mass is 32.2. The van der Waals surface area contributed by atoms with E-state index in [1.807, 2.05) is 80.8 Å². The molecule has 1 aromatic heterocycles. The Kier molecular flexibility index (Phi) is 9.31. The summed E-state index contributed by atoms with van der Waals surface area (Å²) in [5.41, 5.74) is 8.79. The minimum atomic E-state index is -0.158. The fourth-order valence-corrected chi connectivity index (χ4v) is 3.24. The van der Waals surface area contributed by atoms with Gasteiger partial charge in [0.25, 0.3) is 0 Å². The van der Waals surface area contributed by atoms with E-state index in [2.05, 4.69) is 15.3 Å². The van der Waals surface area contributed by atoms with Crippen LogP contribution in [0.15, 0.2) is 65.8 Å². The molecule has 30 heavy (non-hydrogen) atoms. The van der Waals surface area contributed by atoms with E-state index >= 15 is 0 Å². The van der Waals surface area contributed by atoms with Crippen molar-refractivity contribution in [3.8, 4) is 0 Å². The first-order chi connectivity index (χ1) is 14.6. The first kappa shape index (κ1) is 23.4. The lowest BCUT2D eigenvalue weighted by atomic mass is 10.0. The summed E-state index contributed by atoms with van der Waals surface area (Å²) in [4.78, 5) is 8.88. The molecular formula is C23H29N5OS. The molecule has 0 aliphatic rings. The zero-order valence-corrected chi connectivity index (χ0v) is 18.7. The summed E-state index contributed by atoms with van der Waals surface area (Å²) < 4.78 is 5.63. The van der Waals surface area contributed by atoms with E-state index in [-0.39, 0.29) is 17.6 Å². The topological polar surface area (TPSA) is 96.9 Å². The molecule has 3 aromatic rings. The number of ether oxygens (including phenoxy) is 1. The van der Waals surface area contributed by atoms with Crippen LogP contribution in [0, 0.1) is 5.41 Å². The number of methoxy groups -OCH3 is 1. The Balaban J connectivity index is 0.00000155. The quantitative estimate of drug-likeness (QED) is 0.267. The molecule has 0 aliphatic heterocycles. The number of hydrogen-bond acceptors (Lipinski definition) is 7. The molecule has 1 unspecified atom stereocenters. The molecule has 0 saturated carbocycles. The van der Waals surface area contributed by atoms with Gasteiger partial charge in [0.05, 0.1) is 17.4 Å². The number of nitrogens with zero attached hydrogens (tertiary/aromatic N) is 2. The standard InChI is InChI=1S/C21H23N5OS.C2H6/c1-27-16(14-9-5-3-6-10-14)13-24-20-17(19(23)25-21(26-20)28-2)18(22)15-11-7-4-8-12-15;1-2/h3-12,16,22H,13H2,1-2H3,(H3,23,24,25,26);1-2H3. The van der Waals surface area contributed by atoms with Gasteiger partial charge in [-0.1, -0.05) is 86.3 Å². The van der Waals surface area contributed by atoms with Crippen molar-refractivity contribution in [3.05, 3.63) is 77.4 Å². The predicted molar refractivity (Wildman–Crippen MR) is 127 cm³/mol. The second kappa shape index (κ2) is 11.9. The van der Waals surface area contributed by atoms with Crippen LogP contribution in [0.3, 0.4) is 0 Å². The maximum atomic E-state index is 8.64. The molecule has 0 radical (unpaired) electrons. The first-order valence-corrected chi connectivity index (χ1v) is 11.0. The zero-order valence-electron chi connectivity index (χ0n) is 17.8. The maximum absolute atomic E-state index is 8.64. The molecule has 0 amide bonds. The van der Waals surface area contributed by atoms with Gasteiger partial charge in [-0.05, 0) is 11.8 Å². The first-order valence-electron chi connectivity index (χ1n) is 9.81. The van der Waals surface area contributed by atoms with Crippen LogP contribution < -0.4 is 11.1 Å². The zero-order chi connectivity index (χ0) is 21.9. The Morgan fingerprint density at radius 1 is 1.07 bits per heavy atom. The van der Waals surface area contributed by atoms with Crippen molar-refractivity contribution in [2.45, 2.75) is 25.1 Å². The van der Waals surface area contributed by atoms with Gasteiger partial charge in [-0.2, -0.15) is 0 Å². The molecule has 2 aromatic carbocycles. The van der Waals surface area contributed by atoms with Gasteiger partial charge in [0.2, 0.25) is 0 Å². The molecule has 7 heteroatoms. The summed E-state index contributed by atoms with van der Waals surface area (Å²) in [7, 11) is 1.67. The fraction of sp³-hybridized carbons (Fsp3) is 0.261. The van der Waals surface area contributed by atoms with Crippen molar-refractivity contribution >= 4 is 29.1 Å². The van der Waals surface area contributed by atoms with Crippen LogP contribution in [0.1, 0.15) is 36.6 Å². The number of hydrogen-bond donors (Lipinski definition) is 3. The Bertz CT molecular complexity index is 935. The average Bonchev–Trinajstić information content (AvgIpc) is 2.81. The Labute approximate surface area is 182 Å². The minimum Gasteiger partial charge on any atom is -0.383 e. The summed E-state index contributed by atoms with van der Waals surface area (Å²) in [6, 6.07) is 19.4. The molecule has 1 heterocycles. The van der Waals surface area contributed by atoms with Crippen LogP contribution in [0.4, 0.5) is 11.6 Å². The van der Waals surface area contributed by atoms with E-state index in [1.165, 1.54) is 11.8 Å². The highest BCUT2D eigenvalue weighted by Crippen LogP contribution is 2.26. The number of nitrogens with two attached hydrogens (primary N) is 1. The third-order valence-corrected chi connectivity index (χ3v) is 4.87. The third kappa shape index (κ3) is 5.81. The van der Waals surface area contributed by atoms with E-state index in [1.54, 1.807) is 7.11 Å². The number of aromatic nitrogens is 2. The molecule has 0 saturated heterocycles. The van der Waals surface area contributed by atoms with E-state index < -0.39 is 0 Å². The molecule has 3 rings (SSSR count). The smallest absolute Gasteiger partial charge is 0.191 e. The van der Waals surface area contributed by atoms with Gasteiger partial charge in [0, 0.05) is 19.2 Å². The lowest BCUT2D eigenvalue weighted by molar-refractivity contribution is 0.114. The lowest BCUT2D eigenvalue weighted by Gasteiger charge is -2.19. The molecule has 1 atom stereocenters. The summed E-state index contributed by atoms with van der Waals surface area (Å²) >= 11 is 1.41. The summed E-state index contributed by atoms with van der Waals surface area (Å²) in [6.07, 6.45) is 1.73. The number of rotatable bonds is 8. The lowest BCUT2D eigenvalue weighted by Crippen LogP contribution is -2.19. The third-order valence-electron chi connectivity index (χ3n) is 4.32. The molecule has 0 spiro atoms.